The fourth-order valence-electron chi connectivity index (χ4n) is 7.23. The van der Waals surface area contributed by atoms with Gasteiger partial charge in [-0.3, -0.25) is 0 Å². The van der Waals surface area contributed by atoms with Crippen LogP contribution in [0, 0.1) is 5.92 Å². The molecule has 0 radical (unpaired) electrons. The third-order valence-corrected chi connectivity index (χ3v) is 10.1. The summed E-state index contributed by atoms with van der Waals surface area (Å²) in [7, 11) is 0. The molecule has 46 heavy (non-hydrogen) atoms. The quantitative estimate of drug-likeness (QED) is 0.0627. The number of ether oxygens (including phenoxy) is 1. The van der Waals surface area contributed by atoms with Crippen LogP contribution in [0.5, 0.6) is 0 Å². The standard InChI is InChI=1S/C42H74O4/c1-5-9-13-17-19-22-26-32-37(31-25-21-15-11-7-3)42(35-29-23-16-12-8-4,36-30-24-20-18-14-10-6-2)46-41(45)39-34-28-27-33-38(39)40(43)44/h27-28,33-34,37H,5-26,29-32,35-36H2,1-4H3,(H,43,44). The van der Waals surface area contributed by atoms with Crippen molar-refractivity contribution in [2.75, 3.05) is 0 Å². The summed E-state index contributed by atoms with van der Waals surface area (Å²) in [4.78, 5) is 26.1. The van der Waals surface area contributed by atoms with Crippen molar-refractivity contribution in [3.63, 3.8) is 0 Å². The number of carbonyl (C=O) groups excluding carboxylic acids is 1. The van der Waals surface area contributed by atoms with Crippen LogP contribution in [-0.2, 0) is 4.74 Å². The van der Waals surface area contributed by atoms with Gasteiger partial charge in [0.1, 0.15) is 5.60 Å². The Hall–Kier alpha value is -1.84. The summed E-state index contributed by atoms with van der Waals surface area (Å²) in [6.45, 7) is 9.06. The van der Waals surface area contributed by atoms with Crippen LogP contribution in [0.1, 0.15) is 228 Å². The van der Waals surface area contributed by atoms with Gasteiger partial charge in [-0.25, -0.2) is 9.59 Å². The van der Waals surface area contributed by atoms with Crippen molar-refractivity contribution in [3.8, 4) is 0 Å². The SMILES string of the molecule is CCCCCCCCCC(CCCCCCC)C(CCCCCCC)(CCCCCCCCC)OC(=O)c1ccccc1C(=O)O. The van der Waals surface area contributed by atoms with Gasteiger partial charge in [-0.05, 0) is 56.6 Å². The lowest BCUT2D eigenvalue weighted by Gasteiger charge is -2.41. The third kappa shape index (κ3) is 18.5. The average molecular weight is 643 g/mol. The van der Waals surface area contributed by atoms with E-state index in [2.05, 4.69) is 27.7 Å². The largest absolute Gasteiger partial charge is 0.478 e. The lowest BCUT2D eigenvalue weighted by molar-refractivity contribution is -0.0704. The normalized spacial score (nSPS) is 13.4. The molecule has 0 saturated carbocycles. The molecule has 1 N–H and O–H groups in total. The lowest BCUT2D eigenvalue weighted by Crippen LogP contribution is -2.43. The summed E-state index contributed by atoms with van der Waals surface area (Å²) < 4.78 is 6.81. The Morgan fingerprint density at radius 2 is 0.891 bits per heavy atom. The van der Waals surface area contributed by atoms with Crippen LogP contribution < -0.4 is 0 Å². The molecule has 2 unspecified atom stereocenters. The molecule has 0 heterocycles. The summed E-state index contributed by atoms with van der Waals surface area (Å²) >= 11 is 0. The Kier molecular flexibility index (Phi) is 25.9. The third-order valence-electron chi connectivity index (χ3n) is 10.1. The number of esters is 1. The Morgan fingerprint density at radius 3 is 1.28 bits per heavy atom. The van der Waals surface area contributed by atoms with Gasteiger partial charge in [-0.1, -0.05) is 181 Å². The minimum absolute atomic E-state index is 0.0449. The van der Waals surface area contributed by atoms with E-state index < -0.39 is 17.5 Å². The van der Waals surface area contributed by atoms with Crippen molar-refractivity contribution in [3.05, 3.63) is 35.4 Å². The average Bonchev–Trinajstić information content (AvgIpc) is 3.06. The van der Waals surface area contributed by atoms with Gasteiger partial charge in [0.2, 0.25) is 0 Å². The Labute approximate surface area is 285 Å². The summed E-state index contributed by atoms with van der Waals surface area (Å²) in [5.74, 6) is -1.19. The number of hydrogen-bond acceptors (Lipinski definition) is 3. The Bertz CT molecular complexity index is 880. The number of benzene rings is 1. The molecule has 0 fully saturated rings. The predicted molar refractivity (Wildman–Crippen MR) is 197 cm³/mol. The van der Waals surface area contributed by atoms with Crippen LogP contribution in [-0.4, -0.2) is 22.6 Å². The minimum atomic E-state index is -1.07. The monoisotopic (exact) mass is 643 g/mol. The number of aromatic carboxylic acids is 1. The van der Waals surface area contributed by atoms with Crippen LogP contribution in [0.25, 0.3) is 0 Å². The van der Waals surface area contributed by atoms with Gasteiger partial charge in [-0.15, -0.1) is 0 Å². The molecular weight excluding hydrogens is 568 g/mol. The molecular formula is C42H74O4. The summed E-state index contributed by atoms with van der Waals surface area (Å²) in [5, 5.41) is 9.91. The second-order valence-electron chi connectivity index (χ2n) is 14.2. The van der Waals surface area contributed by atoms with Crippen molar-refractivity contribution in [1.82, 2.24) is 0 Å². The molecule has 0 aromatic heterocycles. The second kappa shape index (κ2) is 28.2. The fourth-order valence-corrected chi connectivity index (χ4v) is 7.23. The van der Waals surface area contributed by atoms with E-state index in [-0.39, 0.29) is 11.1 Å². The van der Waals surface area contributed by atoms with E-state index in [4.69, 9.17) is 4.74 Å². The highest BCUT2D eigenvalue weighted by Crippen LogP contribution is 2.41. The molecule has 0 aliphatic rings. The first kappa shape index (κ1) is 42.2. The van der Waals surface area contributed by atoms with Gasteiger partial charge in [0, 0.05) is 0 Å². The molecule has 266 valence electrons. The van der Waals surface area contributed by atoms with E-state index in [1.54, 1.807) is 18.2 Å². The van der Waals surface area contributed by atoms with E-state index in [0.717, 1.165) is 44.9 Å². The predicted octanol–water partition coefficient (Wildman–Crippen LogP) is 13.9. The number of hydrogen-bond donors (Lipinski definition) is 1. The smallest absolute Gasteiger partial charge is 0.339 e. The van der Waals surface area contributed by atoms with Crippen molar-refractivity contribution < 1.29 is 19.4 Å². The molecule has 1 aromatic carbocycles. The maximum absolute atomic E-state index is 14.0. The van der Waals surface area contributed by atoms with Crippen LogP contribution in [0.15, 0.2) is 24.3 Å². The van der Waals surface area contributed by atoms with E-state index in [1.165, 1.54) is 141 Å². The molecule has 1 rings (SSSR count). The van der Waals surface area contributed by atoms with Crippen LogP contribution in [0.3, 0.4) is 0 Å². The van der Waals surface area contributed by atoms with Crippen molar-refractivity contribution in [2.24, 2.45) is 5.92 Å². The van der Waals surface area contributed by atoms with Gasteiger partial charge in [0.15, 0.2) is 0 Å². The van der Waals surface area contributed by atoms with Crippen LogP contribution in [0.4, 0.5) is 0 Å². The molecule has 4 heteroatoms. The second-order valence-corrected chi connectivity index (χ2v) is 14.2. The molecule has 2 atom stereocenters. The highest BCUT2D eigenvalue weighted by atomic mass is 16.6. The first-order chi connectivity index (χ1) is 22.5. The molecule has 0 aliphatic carbocycles. The molecule has 1 aromatic rings. The molecule has 4 nitrogen and oxygen atoms in total. The van der Waals surface area contributed by atoms with Gasteiger partial charge >= 0.3 is 11.9 Å². The summed E-state index contributed by atoms with van der Waals surface area (Å²) in [6, 6.07) is 6.63. The molecule has 0 amide bonds. The van der Waals surface area contributed by atoms with Crippen molar-refractivity contribution in [2.45, 2.75) is 213 Å². The van der Waals surface area contributed by atoms with Gasteiger partial charge in [0.05, 0.1) is 11.1 Å². The number of rotatable bonds is 32. The number of carbonyl (C=O) groups is 2. The van der Waals surface area contributed by atoms with Crippen molar-refractivity contribution in [1.29, 1.82) is 0 Å². The number of unbranched alkanes of at least 4 members (excludes halogenated alkanes) is 20. The topological polar surface area (TPSA) is 63.6 Å². The van der Waals surface area contributed by atoms with E-state index in [1.807, 2.05) is 0 Å². The van der Waals surface area contributed by atoms with Gasteiger partial charge in [0.25, 0.3) is 0 Å². The molecule has 0 spiro atoms. The highest BCUT2D eigenvalue weighted by molar-refractivity contribution is 6.02. The summed E-state index contributed by atoms with van der Waals surface area (Å²) in [6.07, 6.45) is 33.7. The highest BCUT2D eigenvalue weighted by Gasteiger charge is 2.41. The van der Waals surface area contributed by atoms with Crippen molar-refractivity contribution >= 4 is 11.9 Å². The van der Waals surface area contributed by atoms with E-state index in [0.29, 0.717) is 5.92 Å². The van der Waals surface area contributed by atoms with Crippen LogP contribution >= 0.6 is 0 Å². The van der Waals surface area contributed by atoms with Crippen LogP contribution in [0.2, 0.25) is 0 Å². The maximum atomic E-state index is 14.0. The number of carboxylic acids is 1. The fraction of sp³-hybridized carbons (Fsp3) is 0.810. The zero-order chi connectivity index (χ0) is 33.7. The molecule has 0 aliphatic heterocycles. The zero-order valence-corrected chi connectivity index (χ0v) is 30.9. The van der Waals surface area contributed by atoms with E-state index >= 15 is 0 Å². The summed E-state index contributed by atoms with van der Waals surface area (Å²) in [5.41, 5.74) is -0.295. The Balaban J connectivity index is 3.34. The zero-order valence-electron chi connectivity index (χ0n) is 30.9. The molecule has 0 saturated heterocycles. The first-order valence-corrected chi connectivity index (χ1v) is 20.0. The van der Waals surface area contributed by atoms with Gasteiger partial charge in [-0.2, -0.15) is 0 Å². The minimum Gasteiger partial charge on any atom is -0.478 e. The maximum Gasteiger partial charge on any atom is 0.339 e. The first-order valence-electron chi connectivity index (χ1n) is 20.0. The lowest BCUT2D eigenvalue weighted by atomic mass is 9.73. The van der Waals surface area contributed by atoms with E-state index in [9.17, 15) is 14.7 Å². The molecule has 0 bridgehead atoms. The number of carboxylic acid groups (broad SMARTS) is 1. The Morgan fingerprint density at radius 1 is 0.543 bits per heavy atom. The van der Waals surface area contributed by atoms with Gasteiger partial charge < -0.3 is 9.84 Å².